The van der Waals surface area contributed by atoms with Crippen molar-refractivity contribution in [3.8, 4) is 0 Å². The maximum atomic E-state index is 6.03. The highest BCUT2D eigenvalue weighted by molar-refractivity contribution is 4.61. The van der Waals surface area contributed by atoms with Crippen LogP contribution in [-0.4, -0.2) is 12.6 Å². The third-order valence-electron chi connectivity index (χ3n) is 4.21. The largest absolute Gasteiger partial charge is 0.330 e. The molecule has 0 aliphatic heterocycles. The zero-order valence-corrected chi connectivity index (χ0v) is 14.0. The van der Waals surface area contributed by atoms with Gasteiger partial charge in [0.05, 0.1) is 0 Å². The second kappa shape index (κ2) is 17.0. The molecule has 1 unspecified atom stereocenters. The van der Waals surface area contributed by atoms with E-state index in [0.717, 1.165) is 19.4 Å². The summed E-state index contributed by atoms with van der Waals surface area (Å²) in [4.78, 5) is 0. The minimum absolute atomic E-state index is 0.390. The van der Waals surface area contributed by atoms with Gasteiger partial charge >= 0.3 is 0 Å². The minimum Gasteiger partial charge on any atom is -0.330 e. The van der Waals surface area contributed by atoms with Crippen molar-refractivity contribution in [1.29, 1.82) is 0 Å². The first-order valence-corrected chi connectivity index (χ1v) is 9.27. The van der Waals surface area contributed by atoms with Crippen LogP contribution in [0.25, 0.3) is 0 Å². The van der Waals surface area contributed by atoms with E-state index < -0.39 is 0 Å². The van der Waals surface area contributed by atoms with E-state index in [2.05, 4.69) is 6.92 Å². The molecule has 0 rings (SSSR count). The molecule has 0 aliphatic rings. The van der Waals surface area contributed by atoms with Crippen LogP contribution in [0, 0.1) is 0 Å². The molecule has 0 aromatic carbocycles. The van der Waals surface area contributed by atoms with E-state index in [9.17, 15) is 0 Å². The molecule has 122 valence electrons. The molecular weight excluding hydrogens is 244 g/mol. The van der Waals surface area contributed by atoms with Gasteiger partial charge in [-0.1, -0.05) is 84.0 Å². The molecule has 0 bridgehead atoms. The number of unbranched alkanes of at least 4 members (excludes halogenated alkanes) is 11. The molecule has 4 N–H and O–H groups in total. The molecule has 0 amide bonds. The molecule has 0 saturated heterocycles. The van der Waals surface area contributed by atoms with Crippen LogP contribution in [0.1, 0.15) is 103 Å². The first kappa shape index (κ1) is 19.9. The lowest BCUT2D eigenvalue weighted by molar-refractivity contribution is 0.496. The zero-order chi connectivity index (χ0) is 14.9. The molecule has 0 fully saturated rings. The first-order valence-electron chi connectivity index (χ1n) is 9.27. The quantitative estimate of drug-likeness (QED) is 0.385. The Kier molecular flexibility index (Phi) is 16.9. The van der Waals surface area contributed by atoms with E-state index in [1.54, 1.807) is 0 Å². The van der Waals surface area contributed by atoms with Crippen molar-refractivity contribution in [2.24, 2.45) is 11.5 Å². The van der Waals surface area contributed by atoms with Crippen LogP contribution in [0.2, 0.25) is 0 Å². The third kappa shape index (κ3) is 16.0. The maximum absolute atomic E-state index is 6.03. The Balaban J connectivity index is 3.02. The van der Waals surface area contributed by atoms with Crippen LogP contribution in [-0.2, 0) is 0 Å². The Morgan fingerprint density at radius 1 is 0.600 bits per heavy atom. The van der Waals surface area contributed by atoms with Gasteiger partial charge in [0.1, 0.15) is 0 Å². The van der Waals surface area contributed by atoms with Crippen molar-refractivity contribution >= 4 is 0 Å². The lowest BCUT2D eigenvalue weighted by atomic mass is 10.0. The number of rotatable bonds is 16. The fraction of sp³-hybridized carbons (Fsp3) is 1.00. The maximum Gasteiger partial charge on any atom is 0.00392 e. The summed E-state index contributed by atoms with van der Waals surface area (Å²) in [6.45, 7) is 3.07. The lowest BCUT2D eigenvalue weighted by Gasteiger charge is -2.10. The van der Waals surface area contributed by atoms with Crippen molar-refractivity contribution in [3.63, 3.8) is 0 Å². The Hall–Kier alpha value is -0.0800. The van der Waals surface area contributed by atoms with E-state index in [4.69, 9.17) is 11.5 Å². The summed E-state index contributed by atoms with van der Waals surface area (Å²) in [7, 11) is 0. The number of hydrogen-bond acceptors (Lipinski definition) is 2. The smallest absolute Gasteiger partial charge is 0.00392 e. The molecule has 1 atom stereocenters. The molecule has 2 nitrogen and oxygen atoms in total. The molecule has 0 aromatic rings. The Morgan fingerprint density at radius 2 is 1.00 bits per heavy atom. The van der Waals surface area contributed by atoms with Crippen LogP contribution >= 0.6 is 0 Å². The standard InChI is InChI=1S/C18H40N2/c1-2-3-4-5-6-7-8-9-10-11-12-13-15-18(20)16-14-17-19/h18H,2-17,19-20H2,1H3. The van der Waals surface area contributed by atoms with E-state index in [1.807, 2.05) is 0 Å². The zero-order valence-electron chi connectivity index (χ0n) is 14.0. The van der Waals surface area contributed by atoms with Crippen molar-refractivity contribution in [1.82, 2.24) is 0 Å². The average molecular weight is 285 g/mol. The molecule has 0 aliphatic carbocycles. The highest BCUT2D eigenvalue weighted by Crippen LogP contribution is 2.13. The summed E-state index contributed by atoms with van der Waals surface area (Å²) in [5.41, 5.74) is 11.5. The third-order valence-corrected chi connectivity index (χ3v) is 4.21. The summed E-state index contributed by atoms with van der Waals surface area (Å²) >= 11 is 0. The van der Waals surface area contributed by atoms with Crippen LogP contribution in [0.15, 0.2) is 0 Å². The Labute approximate surface area is 128 Å². The van der Waals surface area contributed by atoms with Crippen molar-refractivity contribution in [2.75, 3.05) is 6.54 Å². The van der Waals surface area contributed by atoms with Gasteiger partial charge in [-0.2, -0.15) is 0 Å². The van der Waals surface area contributed by atoms with Gasteiger partial charge in [-0.15, -0.1) is 0 Å². The van der Waals surface area contributed by atoms with Crippen LogP contribution in [0.3, 0.4) is 0 Å². The molecule has 0 saturated carbocycles. The lowest BCUT2D eigenvalue weighted by Crippen LogP contribution is -2.20. The summed E-state index contributed by atoms with van der Waals surface area (Å²) in [5.74, 6) is 0. The molecular formula is C18H40N2. The molecule has 20 heavy (non-hydrogen) atoms. The summed E-state index contributed by atoms with van der Waals surface area (Å²) in [5, 5.41) is 0. The van der Waals surface area contributed by atoms with E-state index >= 15 is 0 Å². The van der Waals surface area contributed by atoms with E-state index in [1.165, 1.54) is 83.5 Å². The van der Waals surface area contributed by atoms with Gasteiger partial charge in [0.25, 0.3) is 0 Å². The molecule has 0 spiro atoms. The monoisotopic (exact) mass is 284 g/mol. The number of nitrogens with two attached hydrogens (primary N) is 2. The molecule has 0 aromatic heterocycles. The summed E-state index contributed by atoms with van der Waals surface area (Å²) < 4.78 is 0. The van der Waals surface area contributed by atoms with Crippen LogP contribution < -0.4 is 11.5 Å². The first-order chi connectivity index (χ1) is 9.81. The molecule has 0 radical (unpaired) electrons. The van der Waals surface area contributed by atoms with Gasteiger partial charge in [0, 0.05) is 6.04 Å². The van der Waals surface area contributed by atoms with Gasteiger partial charge in [0.2, 0.25) is 0 Å². The van der Waals surface area contributed by atoms with Gasteiger partial charge in [-0.3, -0.25) is 0 Å². The average Bonchev–Trinajstić information content (AvgIpc) is 2.46. The SMILES string of the molecule is CCCCCCCCCCCCCCC(N)CCCN. The Bertz CT molecular complexity index is 171. The fourth-order valence-corrected chi connectivity index (χ4v) is 2.77. The van der Waals surface area contributed by atoms with Crippen LogP contribution in [0.5, 0.6) is 0 Å². The second-order valence-electron chi connectivity index (χ2n) is 6.37. The van der Waals surface area contributed by atoms with Gasteiger partial charge < -0.3 is 11.5 Å². The van der Waals surface area contributed by atoms with Crippen molar-refractivity contribution in [2.45, 2.75) is 109 Å². The molecule has 0 heterocycles. The number of hydrogen-bond donors (Lipinski definition) is 2. The normalized spacial score (nSPS) is 12.8. The topological polar surface area (TPSA) is 52.0 Å². The van der Waals surface area contributed by atoms with Crippen molar-refractivity contribution < 1.29 is 0 Å². The van der Waals surface area contributed by atoms with Crippen LogP contribution in [0.4, 0.5) is 0 Å². The summed E-state index contributed by atoms with van der Waals surface area (Å²) in [6.07, 6.45) is 20.4. The van der Waals surface area contributed by atoms with Crippen molar-refractivity contribution in [3.05, 3.63) is 0 Å². The van der Waals surface area contributed by atoms with E-state index in [0.29, 0.717) is 6.04 Å². The predicted molar refractivity (Wildman–Crippen MR) is 92.0 cm³/mol. The Morgan fingerprint density at radius 3 is 1.45 bits per heavy atom. The highest BCUT2D eigenvalue weighted by atomic mass is 14.6. The second-order valence-corrected chi connectivity index (χ2v) is 6.37. The predicted octanol–water partition coefficient (Wildman–Crippen LogP) is 5.14. The highest BCUT2D eigenvalue weighted by Gasteiger charge is 2.01. The van der Waals surface area contributed by atoms with Gasteiger partial charge in [-0.25, -0.2) is 0 Å². The molecule has 2 heteroatoms. The van der Waals surface area contributed by atoms with E-state index in [-0.39, 0.29) is 0 Å². The minimum atomic E-state index is 0.390. The van der Waals surface area contributed by atoms with Gasteiger partial charge in [0.15, 0.2) is 0 Å². The summed E-state index contributed by atoms with van der Waals surface area (Å²) in [6, 6.07) is 0.390. The fourth-order valence-electron chi connectivity index (χ4n) is 2.77. The van der Waals surface area contributed by atoms with Gasteiger partial charge in [-0.05, 0) is 25.8 Å².